The molecule has 0 saturated carbocycles. The van der Waals surface area contributed by atoms with Gasteiger partial charge in [0.2, 0.25) is 0 Å². The van der Waals surface area contributed by atoms with E-state index in [-0.39, 0.29) is 6.61 Å². The van der Waals surface area contributed by atoms with Crippen LogP contribution in [0, 0.1) is 0 Å². The van der Waals surface area contributed by atoms with E-state index in [2.05, 4.69) is 47.1 Å². The van der Waals surface area contributed by atoms with Gasteiger partial charge in [0, 0.05) is 38.8 Å². The molecule has 19 heavy (non-hydrogen) atoms. The average Bonchev–Trinajstić information content (AvgIpc) is 2.47. The first-order chi connectivity index (χ1) is 9.29. The van der Waals surface area contributed by atoms with Gasteiger partial charge in [-0.2, -0.15) is 0 Å². The highest BCUT2D eigenvalue weighted by molar-refractivity contribution is 5.14. The van der Waals surface area contributed by atoms with Crippen LogP contribution in [0.5, 0.6) is 0 Å². The van der Waals surface area contributed by atoms with Crippen LogP contribution in [0.4, 0.5) is 0 Å². The number of piperazine rings is 1. The molecule has 1 aliphatic heterocycles. The molecule has 0 aliphatic carbocycles. The molecule has 0 bridgehead atoms. The van der Waals surface area contributed by atoms with Crippen LogP contribution >= 0.6 is 0 Å². The molecular weight excluding hydrogens is 236 g/mol. The van der Waals surface area contributed by atoms with Gasteiger partial charge in [-0.3, -0.25) is 9.80 Å². The van der Waals surface area contributed by atoms with Crippen molar-refractivity contribution < 1.29 is 5.11 Å². The summed E-state index contributed by atoms with van der Waals surface area (Å²) in [4.78, 5) is 4.93. The van der Waals surface area contributed by atoms with E-state index in [9.17, 15) is 0 Å². The summed E-state index contributed by atoms with van der Waals surface area (Å²) in [6, 6.07) is 11.4. The highest BCUT2D eigenvalue weighted by Crippen LogP contribution is 2.12. The summed E-state index contributed by atoms with van der Waals surface area (Å²) in [7, 11) is 0. The number of nitrogens with zero attached hydrogens (tertiary/aromatic N) is 2. The van der Waals surface area contributed by atoms with E-state index >= 15 is 0 Å². The third-order valence-electron chi connectivity index (χ3n) is 4.14. The van der Waals surface area contributed by atoms with Crippen molar-refractivity contribution in [3.05, 3.63) is 35.9 Å². The number of rotatable bonds is 6. The molecule has 2 rings (SSSR count). The van der Waals surface area contributed by atoms with Crippen LogP contribution < -0.4 is 0 Å². The molecule has 1 atom stereocenters. The molecule has 0 radical (unpaired) electrons. The molecule has 0 unspecified atom stereocenters. The molecule has 3 heteroatoms. The number of hydrogen-bond donors (Lipinski definition) is 1. The molecule has 1 saturated heterocycles. The quantitative estimate of drug-likeness (QED) is 0.844. The first-order valence-electron chi connectivity index (χ1n) is 7.41. The van der Waals surface area contributed by atoms with Crippen LogP contribution in [0.15, 0.2) is 30.3 Å². The van der Waals surface area contributed by atoms with Crippen molar-refractivity contribution in [1.29, 1.82) is 0 Å². The van der Waals surface area contributed by atoms with Crippen molar-refractivity contribution in [2.75, 3.05) is 39.3 Å². The van der Waals surface area contributed by atoms with Gasteiger partial charge in [-0.15, -0.1) is 0 Å². The lowest BCUT2D eigenvalue weighted by Gasteiger charge is -2.38. The average molecular weight is 262 g/mol. The predicted octanol–water partition coefficient (Wildman–Crippen LogP) is 1.62. The molecule has 0 amide bonds. The molecule has 0 spiro atoms. The smallest absolute Gasteiger partial charge is 0.0558 e. The van der Waals surface area contributed by atoms with Crippen LogP contribution in [0.3, 0.4) is 0 Å². The molecule has 1 aromatic rings. The van der Waals surface area contributed by atoms with Crippen LogP contribution in [0.1, 0.15) is 18.9 Å². The molecule has 1 fully saturated rings. The fourth-order valence-electron chi connectivity index (χ4n) is 2.77. The van der Waals surface area contributed by atoms with Crippen molar-refractivity contribution in [1.82, 2.24) is 9.80 Å². The summed E-state index contributed by atoms with van der Waals surface area (Å²) in [5, 5.41) is 8.95. The van der Waals surface area contributed by atoms with Gasteiger partial charge >= 0.3 is 0 Å². The minimum absolute atomic E-state index is 0.281. The van der Waals surface area contributed by atoms with E-state index in [4.69, 9.17) is 5.11 Å². The Kier molecular flexibility index (Phi) is 5.83. The van der Waals surface area contributed by atoms with Gasteiger partial charge in [0.15, 0.2) is 0 Å². The first kappa shape index (κ1) is 14.5. The fourth-order valence-corrected chi connectivity index (χ4v) is 2.77. The Morgan fingerprint density at radius 1 is 1.11 bits per heavy atom. The number of aliphatic hydroxyl groups excluding tert-OH is 1. The van der Waals surface area contributed by atoms with Gasteiger partial charge in [-0.05, 0) is 25.3 Å². The van der Waals surface area contributed by atoms with Crippen LogP contribution in [0.25, 0.3) is 0 Å². The van der Waals surface area contributed by atoms with Crippen LogP contribution in [0.2, 0.25) is 0 Å². The van der Waals surface area contributed by atoms with Crippen LogP contribution in [-0.4, -0.2) is 60.3 Å². The predicted molar refractivity (Wildman–Crippen MR) is 79.3 cm³/mol. The summed E-state index contributed by atoms with van der Waals surface area (Å²) in [6.45, 7) is 7.90. The summed E-state index contributed by atoms with van der Waals surface area (Å²) in [6.07, 6.45) is 2.39. The zero-order valence-electron chi connectivity index (χ0n) is 12.0. The number of hydrogen-bond acceptors (Lipinski definition) is 3. The van der Waals surface area contributed by atoms with Crippen molar-refractivity contribution in [3.8, 4) is 0 Å². The first-order valence-corrected chi connectivity index (χ1v) is 7.41. The number of benzene rings is 1. The van der Waals surface area contributed by atoms with E-state index < -0.39 is 0 Å². The van der Waals surface area contributed by atoms with E-state index in [0.29, 0.717) is 6.04 Å². The van der Waals surface area contributed by atoms with Crippen LogP contribution in [-0.2, 0) is 6.42 Å². The van der Waals surface area contributed by atoms with Crippen molar-refractivity contribution >= 4 is 0 Å². The Labute approximate surface area is 116 Å². The van der Waals surface area contributed by atoms with E-state index in [1.54, 1.807) is 0 Å². The Hall–Kier alpha value is -0.900. The summed E-state index contributed by atoms with van der Waals surface area (Å²) >= 11 is 0. The topological polar surface area (TPSA) is 26.7 Å². The third kappa shape index (κ3) is 4.60. The van der Waals surface area contributed by atoms with Gasteiger partial charge < -0.3 is 5.11 Å². The second-order valence-electron chi connectivity index (χ2n) is 5.47. The zero-order chi connectivity index (χ0) is 13.5. The Bertz CT molecular complexity index is 347. The number of β-amino-alcohol motifs (C(OH)–C–C–N with tert-alkyl or cyclic N) is 1. The maximum atomic E-state index is 8.95. The van der Waals surface area contributed by atoms with Crippen molar-refractivity contribution in [2.45, 2.75) is 25.8 Å². The molecule has 1 aliphatic rings. The monoisotopic (exact) mass is 262 g/mol. The summed E-state index contributed by atoms with van der Waals surface area (Å²) < 4.78 is 0. The van der Waals surface area contributed by atoms with E-state index in [1.165, 1.54) is 18.4 Å². The van der Waals surface area contributed by atoms with Crippen molar-refractivity contribution in [2.24, 2.45) is 0 Å². The normalized spacial score (nSPS) is 19.5. The zero-order valence-corrected chi connectivity index (χ0v) is 12.0. The highest BCUT2D eigenvalue weighted by atomic mass is 16.3. The lowest BCUT2D eigenvalue weighted by molar-refractivity contribution is 0.0862. The lowest BCUT2D eigenvalue weighted by atomic mass is 10.0. The van der Waals surface area contributed by atoms with E-state index in [0.717, 1.165) is 32.7 Å². The maximum Gasteiger partial charge on any atom is 0.0558 e. The van der Waals surface area contributed by atoms with Crippen molar-refractivity contribution in [3.63, 3.8) is 0 Å². The minimum Gasteiger partial charge on any atom is -0.395 e. The second-order valence-corrected chi connectivity index (χ2v) is 5.47. The summed E-state index contributed by atoms with van der Waals surface area (Å²) in [5.74, 6) is 0. The highest BCUT2D eigenvalue weighted by Gasteiger charge is 2.20. The van der Waals surface area contributed by atoms with Gasteiger partial charge in [-0.1, -0.05) is 30.3 Å². The van der Waals surface area contributed by atoms with E-state index in [1.807, 2.05) is 0 Å². The number of aryl methyl sites for hydroxylation is 1. The Balaban J connectivity index is 1.71. The fraction of sp³-hybridized carbons (Fsp3) is 0.625. The Morgan fingerprint density at radius 3 is 2.42 bits per heavy atom. The molecule has 106 valence electrons. The minimum atomic E-state index is 0.281. The third-order valence-corrected chi connectivity index (χ3v) is 4.14. The van der Waals surface area contributed by atoms with Gasteiger partial charge in [-0.25, -0.2) is 0 Å². The maximum absolute atomic E-state index is 8.95. The molecule has 1 aromatic carbocycles. The van der Waals surface area contributed by atoms with Gasteiger partial charge in [0.25, 0.3) is 0 Å². The molecule has 3 nitrogen and oxygen atoms in total. The Morgan fingerprint density at radius 2 is 1.79 bits per heavy atom. The van der Waals surface area contributed by atoms with Gasteiger partial charge in [0.05, 0.1) is 6.61 Å². The standard InChI is InChI=1S/C16H26N2O/c1-15(7-8-16-5-3-2-4-6-16)18-11-9-17(10-12-18)13-14-19/h2-6,15,19H,7-14H2,1H3/t15-/m0/s1. The number of aliphatic hydroxyl groups is 1. The summed E-state index contributed by atoms with van der Waals surface area (Å²) in [5.41, 5.74) is 1.44. The molecule has 1 heterocycles. The lowest BCUT2D eigenvalue weighted by Crippen LogP contribution is -2.50. The molecule has 0 aromatic heterocycles. The molecule has 1 N–H and O–H groups in total. The second kappa shape index (κ2) is 7.63. The largest absolute Gasteiger partial charge is 0.395 e. The van der Waals surface area contributed by atoms with Gasteiger partial charge in [0.1, 0.15) is 0 Å². The molecular formula is C16H26N2O. The SMILES string of the molecule is C[C@@H](CCc1ccccc1)N1CCN(CCO)CC1.